The average Bonchev–Trinajstić information content (AvgIpc) is 3.17. The van der Waals surface area contributed by atoms with E-state index in [4.69, 9.17) is 11.6 Å². The molecule has 0 fully saturated rings. The Morgan fingerprint density at radius 1 is 1.16 bits per heavy atom. The van der Waals surface area contributed by atoms with E-state index in [-0.39, 0.29) is 16.4 Å². The second kappa shape index (κ2) is 8.74. The van der Waals surface area contributed by atoms with Crippen LogP contribution >= 0.6 is 38.9 Å². The number of hydrogen-bond donors (Lipinski definition) is 1. The number of halogens is 2. The van der Waals surface area contributed by atoms with Crippen molar-refractivity contribution in [1.82, 2.24) is 14.5 Å². The van der Waals surface area contributed by atoms with Gasteiger partial charge in [-0.1, -0.05) is 33.6 Å². The van der Waals surface area contributed by atoms with Crippen molar-refractivity contribution in [2.75, 3.05) is 5.75 Å². The number of aromatic nitrogens is 3. The Balaban J connectivity index is 1.57. The lowest BCUT2D eigenvalue weighted by Gasteiger charge is -2.07. The molecule has 0 bridgehead atoms. The summed E-state index contributed by atoms with van der Waals surface area (Å²) in [6, 6.07) is 10.7. The van der Waals surface area contributed by atoms with Crippen molar-refractivity contribution >= 4 is 65.4 Å². The number of hydrogen-bond acceptors (Lipinski definition) is 7. The number of ketones is 1. The third-order valence-electron chi connectivity index (χ3n) is 4.51. The molecule has 0 aliphatic heterocycles. The first-order valence-corrected chi connectivity index (χ1v) is 12.7. The largest absolute Gasteiger partial charge is 0.334 e. The van der Waals surface area contributed by atoms with E-state index in [9.17, 15) is 22.8 Å². The van der Waals surface area contributed by atoms with Gasteiger partial charge in [-0.25, -0.2) is 22.8 Å². The van der Waals surface area contributed by atoms with Gasteiger partial charge in [0.2, 0.25) is 0 Å². The van der Waals surface area contributed by atoms with Crippen molar-refractivity contribution in [1.29, 1.82) is 0 Å². The summed E-state index contributed by atoms with van der Waals surface area (Å²) in [7, 11) is -3.78. The third-order valence-corrected chi connectivity index (χ3v) is 8.49. The summed E-state index contributed by atoms with van der Waals surface area (Å²) in [5.41, 5.74) is -0.343. The molecule has 0 spiro atoms. The maximum absolute atomic E-state index is 12.8. The minimum absolute atomic E-state index is 0.0332. The molecule has 3 aromatic heterocycles. The summed E-state index contributed by atoms with van der Waals surface area (Å²) >= 11 is 9.96. The van der Waals surface area contributed by atoms with Crippen molar-refractivity contribution in [3.8, 4) is 5.82 Å². The molecule has 4 aromatic rings. The monoisotopic (exact) mass is 553 g/mol. The summed E-state index contributed by atoms with van der Waals surface area (Å²) in [5, 5.41) is 0.305. The van der Waals surface area contributed by atoms with Gasteiger partial charge in [0.05, 0.1) is 15.2 Å². The zero-order valence-corrected chi connectivity index (χ0v) is 20.0. The molecule has 1 aromatic carbocycles. The van der Waals surface area contributed by atoms with Gasteiger partial charge in [0.25, 0.3) is 5.56 Å². The maximum atomic E-state index is 12.8. The summed E-state index contributed by atoms with van der Waals surface area (Å²) in [6.45, 7) is 0. The summed E-state index contributed by atoms with van der Waals surface area (Å²) in [6.07, 6.45) is 1.17. The van der Waals surface area contributed by atoms with Crippen LogP contribution in [0, 0.1) is 0 Å². The van der Waals surface area contributed by atoms with Gasteiger partial charge in [0, 0.05) is 17.1 Å². The molecule has 0 saturated carbocycles. The van der Waals surface area contributed by atoms with Crippen molar-refractivity contribution in [2.24, 2.45) is 0 Å². The van der Waals surface area contributed by atoms with Crippen LogP contribution in [-0.2, 0) is 21.1 Å². The average molecular weight is 555 g/mol. The summed E-state index contributed by atoms with van der Waals surface area (Å²) < 4.78 is 26.6. The molecule has 3 heterocycles. The molecule has 1 N–H and O–H groups in total. The Bertz CT molecular complexity index is 1570. The van der Waals surface area contributed by atoms with E-state index in [1.54, 1.807) is 18.2 Å². The van der Waals surface area contributed by atoms with Crippen molar-refractivity contribution in [3.63, 3.8) is 0 Å². The molecule has 12 heteroatoms. The predicted molar refractivity (Wildman–Crippen MR) is 126 cm³/mol. The van der Waals surface area contributed by atoms with Gasteiger partial charge in [-0.15, -0.1) is 11.3 Å². The molecule has 0 aliphatic carbocycles. The van der Waals surface area contributed by atoms with E-state index >= 15 is 0 Å². The lowest BCUT2D eigenvalue weighted by Crippen LogP contribution is -2.34. The highest BCUT2D eigenvalue weighted by Gasteiger charge is 2.21. The molecule has 0 saturated heterocycles. The van der Waals surface area contributed by atoms with Gasteiger partial charge in [-0.2, -0.15) is 0 Å². The Hall–Kier alpha value is -2.60. The number of nitrogens with zero attached hydrogens (tertiary/aromatic N) is 2. The molecule has 0 amide bonds. The smallest absolute Gasteiger partial charge is 0.306 e. The van der Waals surface area contributed by atoms with Crippen LogP contribution in [0.25, 0.3) is 16.7 Å². The van der Waals surface area contributed by atoms with Crippen LogP contribution in [0.2, 0.25) is 4.34 Å². The normalized spacial score (nSPS) is 11.7. The Morgan fingerprint density at radius 2 is 1.94 bits per heavy atom. The number of nitrogens with one attached hydrogen (secondary N) is 1. The number of H-pyrrole nitrogens is 1. The summed E-state index contributed by atoms with van der Waals surface area (Å²) in [4.78, 5) is 44.3. The van der Waals surface area contributed by atoms with E-state index < -0.39 is 32.6 Å². The standard InChI is InChI=1S/C20H13BrClN3O5S2/c21-12-2-3-15-14(8-12)19(27)25(20(28)24-15)17-5-1-11(9-23-17)7-13(26)10-32(29,30)18-6-4-16(22)31-18/h1-6,8-9H,7,10H2,(H,24,28). The Labute approximate surface area is 198 Å². The first-order chi connectivity index (χ1) is 15.1. The molecule has 0 unspecified atom stereocenters. The lowest BCUT2D eigenvalue weighted by molar-refractivity contribution is -0.116. The minimum Gasteiger partial charge on any atom is -0.306 e. The van der Waals surface area contributed by atoms with Crippen LogP contribution in [0.1, 0.15) is 5.56 Å². The van der Waals surface area contributed by atoms with Crippen LogP contribution in [-0.4, -0.2) is 34.5 Å². The van der Waals surface area contributed by atoms with Crippen LogP contribution in [0.15, 0.2) is 66.9 Å². The topological polar surface area (TPSA) is 119 Å². The van der Waals surface area contributed by atoms with Crippen LogP contribution < -0.4 is 11.2 Å². The number of sulfone groups is 1. The fourth-order valence-electron chi connectivity index (χ4n) is 3.07. The molecule has 0 atom stereocenters. The Morgan fingerprint density at radius 3 is 2.59 bits per heavy atom. The maximum Gasteiger partial charge on any atom is 0.334 e. The number of Topliss-reactive ketones (excluding diaryl/α,β-unsaturated/α-hetero) is 1. The van der Waals surface area contributed by atoms with Gasteiger partial charge in [0.15, 0.2) is 15.6 Å². The van der Waals surface area contributed by atoms with Crippen LogP contribution in [0.4, 0.5) is 0 Å². The number of thiophene rings is 1. The van der Waals surface area contributed by atoms with E-state index in [1.165, 1.54) is 30.5 Å². The zero-order chi connectivity index (χ0) is 23.0. The first-order valence-electron chi connectivity index (χ1n) is 9.04. The number of aromatic amines is 1. The van der Waals surface area contributed by atoms with Crippen molar-refractivity contribution < 1.29 is 13.2 Å². The second-order valence-electron chi connectivity index (χ2n) is 6.82. The van der Waals surface area contributed by atoms with E-state index in [2.05, 4.69) is 25.9 Å². The fourth-order valence-corrected chi connectivity index (χ4v) is 6.25. The van der Waals surface area contributed by atoms with Gasteiger partial charge in [-0.05, 0) is 42.0 Å². The lowest BCUT2D eigenvalue weighted by atomic mass is 10.1. The zero-order valence-electron chi connectivity index (χ0n) is 16.0. The quantitative estimate of drug-likeness (QED) is 0.391. The first kappa shape index (κ1) is 22.6. The molecule has 32 heavy (non-hydrogen) atoms. The van der Waals surface area contributed by atoms with E-state index in [0.717, 1.165) is 15.9 Å². The van der Waals surface area contributed by atoms with E-state index in [0.29, 0.717) is 25.3 Å². The molecular formula is C20H13BrClN3O5S2. The van der Waals surface area contributed by atoms with Crippen LogP contribution in [0.5, 0.6) is 0 Å². The number of rotatable bonds is 6. The highest BCUT2D eigenvalue weighted by Crippen LogP contribution is 2.26. The highest BCUT2D eigenvalue weighted by molar-refractivity contribution is 9.10. The predicted octanol–water partition coefficient (Wildman–Crippen LogP) is 3.14. The summed E-state index contributed by atoms with van der Waals surface area (Å²) in [5.74, 6) is -1.10. The van der Waals surface area contributed by atoms with Gasteiger partial charge in [-0.3, -0.25) is 9.59 Å². The molecule has 0 aliphatic rings. The second-order valence-corrected chi connectivity index (χ2v) is 11.7. The number of carbonyl (C=O) groups excluding carboxylic acids is 1. The molecular weight excluding hydrogens is 542 g/mol. The third kappa shape index (κ3) is 4.60. The highest BCUT2D eigenvalue weighted by atomic mass is 79.9. The fraction of sp³-hybridized carbons (Fsp3) is 0.100. The molecule has 8 nitrogen and oxygen atoms in total. The Kier molecular flexibility index (Phi) is 6.17. The van der Waals surface area contributed by atoms with Gasteiger partial charge >= 0.3 is 5.69 Å². The number of pyridine rings is 1. The van der Waals surface area contributed by atoms with Crippen molar-refractivity contribution in [2.45, 2.75) is 10.6 Å². The number of carbonyl (C=O) groups is 1. The van der Waals surface area contributed by atoms with E-state index in [1.807, 2.05) is 0 Å². The number of benzene rings is 1. The van der Waals surface area contributed by atoms with Crippen molar-refractivity contribution in [3.05, 3.63) is 83.9 Å². The number of fused-ring (bicyclic) bond motifs is 1. The molecule has 4 rings (SSSR count). The molecule has 164 valence electrons. The van der Waals surface area contributed by atoms with Gasteiger partial charge < -0.3 is 4.98 Å². The SMILES string of the molecule is O=C(Cc1ccc(-n2c(=O)[nH]c3ccc(Br)cc3c2=O)nc1)CS(=O)(=O)c1ccc(Cl)s1. The minimum atomic E-state index is -3.78. The van der Waals surface area contributed by atoms with Gasteiger partial charge in [0.1, 0.15) is 15.8 Å². The van der Waals surface area contributed by atoms with Crippen LogP contribution in [0.3, 0.4) is 0 Å². The molecule has 0 radical (unpaired) electrons.